The van der Waals surface area contributed by atoms with E-state index in [0.29, 0.717) is 11.3 Å². The topological polar surface area (TPSA) is 78.9 Å². The Morgan fingerprint density at radius 2 is 2.12 bits per heavy atom. The Morgan fingerprint density at radius 3 is 2.62 bits per heavy atom. The number of nitrogens with two attached hydrogens (primary N) is 1. The van der Waals surface area contributed by atoms with Crippen molar-refractivity contribution in [2.45, 2.75) is 26.3 Å². The Hall–Kier alpha value is -2.02. The van der Waals surface area contributed by atoms with Gasteiger partial charge < -0.3 is 11.1 Å². The number of carbonyl (C=O) groups is 1. The molecule has 1 amide bonds. The third-order valence-corrected chi connectivity index (χ3v) is 2.45. The third kappa shape index (κ3) is 2.31. The van der Waals surface area contributed by atoms with Crippen molar-refractivity contribution in [3.63, 3.8) is 0 Å². The number of aryl methyl sites for hydroxylation is 1. The van der Waals surface area contributed by atoms with Crippen molar-refractivity contribution >= 4 is 11.6 Å². The lowest BCUT2D eigenvalue weighted by atomic mass is 10.0. The zero-order chi connectivity index (χ0) is 12.3. The van der Waals surface area contributed by atoms with Gasteiger partial charge in [0, 0.05) is 0 Å². The van der Waals surface area contributed by atoms with Crippen LogP contribution in [-0.2, 0) is 4.79 Å². The molecule has 4 nitrogen and oxygen atoms in total. The first-order chi connectivity index (χ1) is 7.38. The second-order valence-electron chi connectivity index (χ2n) is 4.22. The molecule has 0 saturated carbocycles. The number of nitrogens with zero attached hydrogens (tertiary/aromatic N) is 1. The van der Waals surface area contributed by atoms with Crippen LogP contribution in [0.1, 0.15) is 25.0 Å². The van der Waals surface area contributed by atoms with Gasteiger partial charge in [0.1, 0.15) is 11.6 Å². The zero-order valence-electron chi connectivity index (χ0n) is 9.66. The lowest BCUT2D eigenvalue weighted by molar-refractivity contribution is -0.121. The Kier molecular flexibility index (Phi) is 3.19. The van der Waals surface area contributed by atoms with Gasteiger partial charge in [-0.1, -0.05) is 12.1 Å². The summed E-state index contributed by atoms with van der Waals surface area (Å²) < 4.78 is 0. The minimum absolute atomic E-state index is 0.459. The second-order valence-corrected chi connectivity index (χ2v) is 4.22. The van der Waals surface area contributed by atoms with Crippen molar-refractivity contribution in [3.05, 3.63) is 29.3 Å². The van der Waals surface area contributed by atoms with Crippen LogP contribution in [0.4, 0.5) is 5.69 Å². The van der Waals surface area contributed by atoms with Gasteiger partial charge in [-0.25, -0.2) is 0 Å². The van der Waals surface area contributed by atoms with Gasteiger partial charge >= 0.3 is 0 Å². The molecule has 0 radical (unpaired) electrons. The number of para-hydroxylation sites is 1. The maximum absolute atomic E-state index is 11.2. The number of carbonyl (C=O) groups excluding carboxylic acids is 1. The molecule has 0 aliphatic heterocycles. The summed E-state index contributed by atoms with van der Waals surface area (Å²) in [5.41, 5.74) is 6.48. The molecule has 84 valence electrons. The van der Waals surface area contributed by atoms with Crippen LogP contribution in [0.5, 0.6) is 0 Å². The molecule has 3 N–H and O–H groups in total. The van der Waals surface area contributed by atoms with E-state index >= 15 is 0 Å². The number of nitrogens with one attached hydrogen (secondary N) is 1. The molecular formula is C12H15N3O. The summed E-state index contributed by atoms with van der Waals surface area (Å²) in [5.74, 6) is -0.459. The van der Waals surface area contributed by atoms with Crippen LogP contribution in [0, 0.1) is 18.3 Å². The van der Waals surface area contributed by atoms with Crippen molar-refractivity contribution < 1.29 is 4.79 Å². The van der Waals surface area contributed by atoms with E-state index in [0.717, 1.165) is 5.56 Å². The minimum atomic E-state index is -0.877. The summed E-state index contributed by atoms with van der Waals surface area (Å²) in [7, 11) is 0. The van der Waals surface area contributed by atoms with Crippen molar-refractivity contribution in [2.24, 2.45) is 5.73 Å². The van der Waals surface area contributed by atoms with Gasteiger partial charge in [0.05, 0.1) is 11.3 Å². The van der Waals surface area contributed by atoms with Gasteiger partial charge in [0.15, 0.2) is 0 Å². The number of nitriles is 1. The first-order valence-corrected chi connectivity index (χ1v) is 4.96. The van der Waals surface area contributed by atoms with Crippen LogP contribution in [0.3, 0.4) is 0 Å². The number of hydrogen-bond donors (Lipinski definition) is 2. The van der Waals surface area contributed by atoms with E-state index in [1.54, 1.807) is 26.0 Å². The smallest absolute Gasteiger partial charge is 0.242 e. The average molecular weight is 217 g/mol. The fourth-order valence-electron chi connectivity index (χ4n) is 1.30. The Labute approximate surface area is 95.1 Å². The number of hydrogen-bond acceptors (Lipinski definition) is 3. The first-order valence-electron chi connectivity index (χ1n) is 4.96. The monoisotopic (exact) mass is 217 g/mol. The SMILES string of the molecule is Cc1cccc(C#N)c1NC(C)(C)C(N)=O. The average Bonchev–Trinajstić information content (AvgIpc) is 2.20. The maximum atomic E-state index is 11.2. The second kappa shape index (κ2) is 4.23. The summed E-state index contributed by atoms with van der Waals surface area (Å²) in [6, 6.07) is 7.46. The van der Waals surface area contributed by atoms with E-state index in [1.165, 1.54) is 0 Å². The Bertz CT molecular complexity index is 458. The van der Waals surface area contributed by atoms with Gasteiger partial charge in [-0.05, 0) is 32.4 Å². The number of primary amides is 1. The summed E-state index contributed by atoms with van der Waals surface area (Å²) in [5, 5.41) is 12.0. The summed E-state index contributed by atoms with van der Waals surface area (Å²) in [6.07, 6.45) is 0. The molecule has 0 aliphatic carbocycles. The Morgan fingerprint density at radius 1 is 1.50 bits per heavy atom. The molecule has 16 heavy (non-hydrogen) atoms. The molecule has 0 saturated heterocycles. The molecule has 0 heterocycles. The van der Waals surface area contributed by atoms with Gasteiger partial charge in [0.2, 0.25) is 5.91 Å². The molecule has 4 heteroatoms. The van der Waals surface area contributed by atoms with Gasteiger partial charge in [-0.3, -0.25) is 4.79 Å². The number of benzene rings is 1. The minimum Gasteiger partial charge on any atom is -0.370 e. The zero-order valence-corrected chi connectivity index (χ0v) is 9.66. The van der Waals surface area contributed by atoms with Crippen molar-refractivity contribution in [1.82, 2.24) is 0 Å². The number of amides is 1. The molecule has 0 unspecified atom stereocenters. The maximum Gasteiger partial charge on any atom is 0.242 e. The quantitative estimate of drug-likeness (QED) is 0.806. The molecule has 0 aliphatic rings. The highest BCUT2D eigenvalue weighted by Gasteiger charge is 2.25. The third-order valence-electron chi connectivity index (χ3n) is 2.45. The largest absolute Gasteiger partial charge is 0.370 e. The standard InChI is InChI=1S/C12H15N3O/c1-8-5-4-6-9(7-13)10(8)15-12(2,3)11(14)16/h4-6,15H,1-3H3,(H2,14,16). The van der Waals surface area contributed by atoms with E-state index in [1.807, 2.05) is 13.0 Å². The van der Waals surface area contributed by atoms with Gasteiger partial charge in [0.25, 0.3) is 0 Å². The van der Waals surface area contributed by atoms with Crippen LogP contribution < -0.4 is 11.1 Å². The molecule has 0 fully saturated rings. The van der Waals surface area contributed by atoms with Crippen LogP contribution >= 0.6 is 0 Å². The first kappa shape index (κ1) is 12.1. The molecule has 0 bridgehead atoms. The Balaban J connectivity index is 3.16. The highest BCUT2D eigenvalue weighted by Crippen LogP contribution is 2.23. The molecule has 1 aromatic carbocycles. The summed E-state index contributed by atoms with van der Waals surface area (Å²) in [6.45, 7) is 5.24. The van der Waals surface area contributed by atoms with Crippen molar-refractivity contribution in [3.8, 4) is 6.07 Å². The molecular weight excluding hydrogens is 202 g/mol. The number of rotatable bonds is 3. The van der Waals surface area contributed by atoms with Crippen LogP contribution in [0.2, 0.25) is 0 Å². The predicted molar refractivity (Wildman–Crippen MR) is 62.8 cm³/mol. The normalized spacial score (nSPS) is 10.6. The number of anilines is 1. The fourth-order valence-corrected chi connectivity index (χ4v) is 1.30. The van der Waals surface area contributed by atoms with Crippen LogP contribution in [-0.4, -0.2) is 11.4 Å². The lowest BCUT2D eigenvalue weighted by Crippen LogP contribution is -2.45. The van der Waals surface area contributed by atoms with E-state index in [2.05, 4.69) is 11.4 Å². The highest BCUT2D eigenvalue weighted by atomic mass is 16.1. The predicted octanol–water partition coefficient (Wildman–Crippen LogP) is 1.54. The van der Waals surface area contributed by atoms with Crippen molar-refractivity contribution in [2.75, 3.05) is 5.32 Å². The van der Waals surface area contributed by atoms with E-state index in [4.69, 9.17) is 11.0 Å². The molecule has 0 spiro atoms. The molecule has 1 aromatic rings. The van der Waals surface area contributed by atoms with E-state index < -0.39 is 11.4 Å². The van der Waals surface area contributed by atoms with Crippen molar-refractivity contribution in [1.29, 1.82) is 5.26 Å². The molecule has 1 rings (SSSR count). The summed E-state index contributed by atoms with van der Waals surface area (Å²) >= 11 is 0. The van der Waals surface area contributed by atoms with E-state index in [9.17, 15) is 4.79 Å². The summed E-state index contributed by atoms with van der Waals surface area (Å²) in [4.78, 5) is 11.2. The molecule has 0 atom stereocenters. The highest BCUT2D eigenvalue weighted by molar-refractivity contribution is 5.87. The fraction of sp³-hybridized carbons (Fsp3) is 0.333. The van der Waals surface area contributed by atoms with Crippen LogP contribution in [0.25, 0.3) is 0 Å². The van der Waals surface area contributed by atoms with Gasteiger partial charge in [-0.2, -0.15) is 5.26 Å². The van der Waals surface area contributed by atoms with Gasteiger partial charge in [-0.15, -0.1) is 0 Å². The molecule has 0 aromatic heterocycles. The lowest BCUT2D eigenvalue weighted by Gasteiger charge is -2.25. The van der Waals surface area contributed by atoms with E-state index in [-0.39, 0.29) is 0 Å². The van der Waals surface area contributed by atoms with Crippen LogP contribution in [0.15, 0.2) is 18.2 Å².